The van der Waals surface area contributed by atoms with Gasteiger partial charge in [0.2, 0.25) is 5.89 Å². The summed E-state index contributed by atoms with van der Waals surface area (Å²) in [5, 5.41) is 8.83. The van der Waals surface area contributed by atoms with Crippen molar-refractivity contribution >= 4 is 11.8 Å². The van der Waals surface area contributed by atoms with Crippen molar-refractivity contribution in [2.24, 2.45) is 0 Å². The lowest BCUT2D eigenvalue weighted by Gasteiger charge is -2.13. The summed E-state index contributed by atoms with van der Waals surface area (Å²) in [5.41, 5.74) is 2.13. The molecule has 0 bridgehead atoms. The summed E-state index contributed by atoms with van der Waals surface area (Å²) in [6, 6.07) is 20.3. The van der Waals surface area contributed by atoms with Crippen LogP contribution in [0.1, 0.15) is 28.7 Å². The summed E-state index contributed by atoms with van der Waals surface area (Å²) < 4.78 is 24.7. The molecule has 2 aromatic heterocycles. The molecule has 0 N–H and O–H groups in total. The molecule has 0 amide bonds. The smallest absolute Gasteiger partial charge is 0.276 e. The number of rotatable bonds is 7. The molecule has 136 valence electrons. The fourth-order valence-electron chi connectivity index (χ4n) is 2.84. The molecule has 0 aliphatic carbocycles. The van der Waals surface area contributed by atoms with Crippen molar-refractivity contribution in [3.63, 3.8) is 0 Å². The number of nitrogens with zero attached hydrogens (tertiary/aromatic N) is 2. The number of hydrogen-bond donors (Lipinski definition) is 0. The number of halogens is 1. The molecule has 0 aliphatic heterocycles. The van der Waals surface area contributed by atoms with Crippen LogP contribution >= 0.6 is 11.8 Å². The number of thioether (sulfide) groups is 1. The van der Waals surface area contributed by atoms with E-state index in [1.54, 1.807) is 18.4 Å². The van der Waals surface area contributed by atoms with Crippen LogP contribution in [0, 0.1) is 5.82 Å². The number of hydrogen-bond acceptors (Lipinski definition) is 5. The lowest BCUT2D eigenvalue weighted by molar-refractivity contribution is 0.395. The van der Waals surface area contributed by atoms with Gasteiger partial charge in [0.15, 0.2) is 0 Å². The Morgan fingerprint density at radius 2 is 1.74 bits per heavy atom. The van der Waals surface area contributed by atoms with Gasteiger partial charge in [0, 0.05) is 12.2 Å². The molecule has 1 atom stereocenters. The molecular weight excluding hydrogens is 363 g/mol. The van der Waals surface area contributed by atoms with Gasteiger partial charge in [-0.15, -0.1) is 10.2 Å². The van der Waals surface area contributed by atoms with Crippen LogP contribution in [0.5, 0.6) is 0 Å². The van der Waals surface area contributed by atoms with Crippen LogP contribution in [0.4, 0.5) is 4.39 Å². The molecule has 6 heteroatoms. The van der Waals surface area contributed by atoms with Gasteiger partial charge in [-0.1, -0.05) is 54.2 Å². The Morgan fingerprint density at radius 1 is 0.926 bits per heavy atom. The molecule has 4 rings (SSSR count). The zero-order valence-electron chi connectivity index (χ0n) is 14.4. The van der Waals surface area contributed by atoms with Crippen molar-refractivity contribution in [3.05, 3.63) is 102 Å². The molecule has 0 unspecified atom stereocenters. The molecule has 4 aromatic rings. The zero-order valence-corrected chi connectivity index (χ0v) is 15.2. The van der Waals surface area contributed by atoms with Crippen molar-refractivity contribution in [1.29, 1.82) is 0 Å². The van der Waals surface area contributed by atoms with E-state index >= 15 is 0 Å². The van der Waals surface area contributed by atoms with Crippen LogP contribution in [0.3, 0.4) is 0 Å². The Kier molecular flexibility index (Phi) is 5.34. The standard InChI is InChI=1S/C21H17FN2O2S/c22-17-10-8-16(9-11-17)18(19-7-4-12-25-19)13-20-23-24-21(26-20)27-14-15-5-2-1-3-6-15/h1-12,18H,13-14H2/t18-/m1/s1. The maximum atomic E-state index is 13.3. The first kappa shape index (κ1) is 17.5. The van der Waals surface area contributed by atoms with Crippen LogP contribution in [-0.2, 0) is 12.2 Å². The minimum atomic E-state index is -0.269. The van der Waals surface area contributed by atoms with Gasteiger partial charge in [-0.3, -0.25) is 0 Å². The van der Waals surface area contributed by atoms with Crippen LogP contribution < -0.4 is 0 Å². The summed E-state index contributed by atoms with van der Waals surface area (Å²) in [6.45, 7) is 0. The predicted molar refractivity (Wildman–Crippen MR) is 101 cm³/mol. The number of benzene rings is 2. The number of aromatic nitrogens is 2. The topological polar surface area (TPSA) is 52.1 Å². The van der Waals surface area contributed by atoms with E-state index < -0.39 is 0 Å². The summed E-state index contributed by atoms with van der Waals surface area (Å²) in [4.78, 5) is 0. The van der Waals surface area contributed by atoms with Crippen molar-refractivity contribution < 1.29 is 13.2 Å². The molecule has 0 radical (unpaired) electrons. The van der Waals surface area contributed by atoms with E-state index in [-0.39, 0.29) is 11.7 Å². The van der Waals surface area contributed by atoms with Gasteiger partial charge in [0.25, 0.3) is 5.22 Å². The highest BCUT2D eigenvalue weighted by molar-refractivity contribution is 7.98. The molecule has 0 spiro atoms. The molecule has 0 aliphatic rings. The second-order valence-corrected chi connectivity index (χ2v) is 6.99. The van der Waals surface area contributed by atoms with E-state index in [1.807, 2.05) is 30.3 Å². The minimum Gasteiger partial charge on any atom is -0.469 e. The van der Waals surface area contributed by atoms with E-state index in [2.05, 4.69) is 22.3 Å². The molecule has 2 heterocycles. The first-order valence-electron chi connectivity index (χ1n) is 8.56. The van der Waals surface area contributed by atoms with Crippen molar-refractivity contribution in [2.45, 2.75) is 23.3 Å². The minimum absolute atomic E-state index is 0.118. The van der Waals surface area contributed by atoms with Gasteiger partial charge >= 0.3 is 0 Å². The van der Waals surface area contributed by atoms with E-state index in [9.17, 15) is 4.39 Å². The third kappa shape index (κ3) is 4.46. The Morgan fingerprint density at radius 3 is 2.48 bits per heavy atom. The molecule has 27 heavy (non-hydrogen) atoms. The van der Waals surface area contributed by atoms with Gasteiger partial charge in [0.1, 0.15) is 11.6 Å². The molecule has 0 saturated carbocycles. The zero-order chi connectivity index (χ0) is 18.5. The van der Waals surface area contributed by atoms with E-state index in [0.717, 1.165) is 17.1 Å². The molecule has 0 saturated heterocycles. The SMILES string of the molecule is Fc1ccc([C@@H](Cc2nnc(SCc3ccccc3)o2)c2ccco2)cc1. The molecule has 2 aromatic carbocycles. The fourth-order valence-corrected chi connectivity index (χ4v) is 3.58. The van der Waals surface area contributed by atoms with E-state index in [1.165, 1.54) is 29.5 Å². The average Bonchev–Trinajstić information content (AvgIpc) is 3.38. The van der Waals surface area contributed by atoms with Crippen molar-refractivity contribution in [2.75, 3.05) is 0 Å². The first-order chi connectivity index (χ1) is 13.3. The van der Waals surface area contributed by atoms with Gasteiger partial charge in [0.05, 0.1) is 12.2 Å². The highest BCUT2D eigenvalue weighted by Gasteiger charge is 2.21. The third-order valence-electron chi connectivity index (χ3n) is 4.19. The molecule has 0 fully saturated rings. The average molecular weight is 380 g/mol. The normalized spacial score (nSPS) is 12.2. The Hall–Kier alpha value is -2.86. The van der Waals surface area contributed by atoms with Crippen LogP contribution in [0.15, 0.2) is 87.1 Å². The fraction of sp³-hybridized carbons (Fsp3) is 0.143. The molecular formula is C21H17FN2O2S. The lowest BCUT2D eigenvalue weighted by atomic mass is 9.93. The van der Waals surface area contributed by atoms with Gasteiger partial charge in [-0.2, -0.15) is 0 Å². The Balaban J connectivity index is 1.48. The number of furan rings is 1. The maximum absolute atomic E-state index is 13.3. The van der Waals surface area contributed by atoms with Crippen molar-refractivity contribution in [1.82, 2.24) is 10.2 Å². The van der Waals surface area contributed by atoms with Gasteiger partial charge < -0.3 is 8.83 Å². The maximum Gasteiger partial charge on any atom is 0.276 e. The monoisotopic (exact) mass is 380 g/mol. The van der Waals surface area contributed by atoms with Crippen molar-refractivity contribution in [3.8, 4) is 0 Å². The first-order valence-corrected chi connectivity index (χ1v) is 9.54. The second kappa shape index (κ2) is 8.22. The summed E-state index contributed by atoms with van der Waals surface area (Å²) >= 11 is 1.50. The summed E-state index contributed by atoms with van der Waals surface area (Å²) in [7, 11) is 0. The highest BCUT2D eigenvalue weighted by Crippen LogP contribution is 2.30. The predicted octanol–water partition coefficient (Wildman–Crippen LogP) is 5.47. The van der Waals surface area contributed by atoms with Gasteiger partial charge in [-0.05, 0) is 35.4 Å². The molecule has 4 nitrogen and oxygen atoms in total. The van der Waals surface area contributed by atoms with E-state index in [0.29, 0.717) is 17.5 Å². The third-order valence-corrected chi connectivity index (χ3v) is 5.08. The summed E-state index contributed by atoms with van der Waals surface area (Å²) in [6.07, 6.45) is 2.11. The highest BCUT2D eigenvalue weighted by atomic mass is 32.2. The largest absolute Gasteiger partial charge is 0.469 e. The second-order valence-electron chi connectivity index (χ2n) is 6.06. The van der Waals surface area contributed by atoms with Crippen LogP contribution in [-0.4, -0.2) is 10.2 Å². The van der Waals surface area contributed by atoms with Gasteiger partial charge in [-0.25, -0.2) is 4.39 Å². The van der Waals surface area contributed by atoms with E-state index in [4.69, 9.17) is 8.83 Å². The van der Waals surface area contributed by atoms with Crippen LogP contribution in [0.2, 0.25) is 0 Å². The van der Waals surface area contributed by atoms with Crippen LogP contribution in [0.25, 0.3) is 0 Å². The summed E-state index contributed by atoms with van der Waals surface area (Å²) in [5.74, 6) is 1.68. The Labute approximate surface area is 160 Å². The Bertz CT molecular complexity index is 969. The quantitative estimate of drug-likeness (QED) is 0.398. The lowest BCUT2D eigenvalue weighted by Crippen LogP contribution is -2.04.